The molecule has 1 unspecified atom stereocenters. The van der Waals surface area contributed by atoms with Gasteiger partial charge in [-0.15, -0.1) is 0 Å². The highest BCUT2D eigenvalue weighted by Gasteiger charge is 2.31. The van der Waals surface area contributed by atoms with Crippen molar-refractivity contribution in [2.75, 3.05) is 31.5 Å². The summed E-state index contributed by atoms with van der Waals surface area (Å²) < 4.78 is 27.9. The number of para-hydroxylation sites is 2. The van der Waals surface area contributed by atoms with Gasteiger partial charge in [0.2, 0.25) is 10.0 Å². The minimum Gasteiger partial charge on any atom is -0.339 e. The van der Waals surface area contributed by atoms with Crippen molar-refractivity contribution in [3.63, 3.8) is 0 Å². The van der Waals surface area contributed by atoms with Gasteiger partial charge in [0, 0.05) is 37.3 Å². The predicted molar refractivity (Wildman–Crippen MR) is 149 cm³/mol. The molecule has 4 aromatic rings. The van der Waals surface area contributed by atoms with E-state index in [0.717, 1.165) is 44.9 Å². The number of anilines is 2. The third-order valence-electron chi connectivity index (χ3n) is 7.20. The Bertz CT molecular complexity index is 1510. The zero-order chi connectivity index (χ0) is 26.2. The molecule has 0 aliphatic carbocycles. The third-order valence-corrected chi connectivity index (χ3v) is 9.11. The minimum atomic E-state index is -3.51. The Hall–Kier alpha value is -3.33. The second-order valence-corrected chi connectivity index (χ2v) is 11.7. The van der Waals surface area contributed by atoms with Crippen LogP contribution in [-0.2, 0) is 10.0 Å². The van der Waals surface area contributed by atoms with Gasteiger partial charge in [0.05, 0.1) is 16.5 Å². The second kappa shape index (κ2) is 10.2. The summed E-state index contributed by atoms with van der Waals surface area (Å²) in [5, 5.41) is 4.54. The number of nitrogens with one attached hydrogen (secondary N) is 1. The van der Waals surface area contributed by atoms with E-state index in [2.05, 4.69) is 49.2 Å². The molecular formula is C29H33N5O2S. The number of rotatable bonds is 6. The van der Waals surface area contributed by atoms with Gasteiger partial charge in [0.15, 0.2) is 0 Å². The first kappa shape index (κ1) is 25.3. The third kappa shape index (κ3) is 5.09. The van der Waals surface area contributed by atoms with E-state index in [9.17, 15) is 8.42 Å². The minimum absolute atomic E-state index is 0.0626. The molecule has 7 nitrogen and oxygen atoms in total. The molecule has 1 N–H and O–H groups in total. The SMILES string of the molecule is Cc1ccc(S(=O)(=O)N2CCN(C(C)c3nc(Nc4c(C)cccc4C)c4ccccc4n3)CC2)cc1. The lowest BCUT2D eigenvalue weighted by molar-refractivity contribution is 0.141. The molecular weight excluding hydrogens is 482 g/mol. The summed E-state index contributed by atoms with van der Waals surface area (Å²) in [5.41, 5.74) is 5.29. The molecule has 2 heterocycles. The molecule has 5 rings (SSSR count). The molecule has 0 bridgehead atoms. The van der Waals surface area contributed by atoms with Gasteiger partial charge in [-0.3, -0.25) is 4.90 Å². The maximum atomic E-state index is 13.1. The van der Waals surface area contributed by atoms with E-state index in [-0.39, 0.29) is 6.04 Å². The number of aromatic nitrogens is 2. The highest BCUT2D eigenvalue weighted by atomic mass is 32.2. The molecule has 0 spiro atoms. The number of hydrogen-bond acceptors (Lipinski definition) is 6. The van der Waals surface area contributed by atoms with E-state index in [1.807, 2.05) is 43.3 Å². The molecule has 3 aromatic carbocycles. The molecule has 0 amide bonds. The van der Waals surface area contributed by atoms with Crippen LogP contribution in [0.3, 0.4) is 0 Å². The van der Waals surface area contributed by atoms with Crippen molar-refractivity contribution in [2.24, 2.45) is 0 Å². The lowest BCUT2D eigenvalue weighted by atomic mass is 10.1. The van der Waals surface area contributed by atoms with Crippen molar-refractivity contribution in [3.05, 3.63) is 89.2 Å². The van der Waals surface area contributed by atoms with Crippen LogP contribution in [0, 0.1) is 20.8 Å². The van der Waals surface area contributed by atoms with Crippen LogP contribution in [0.25, 0.3) is 10.9 Å². The van der Waals surface area contributed by atoms with Crippen LogP contribution in [0.15, 0.2) is 71.6 Å². The van der Waals surface area contributed by atoms with Crippen LogP contribution in [0.4, 0.5) is 11.5 Å². The molecule has 1 saturated heterocycles. The quantitative estimate of drug-likeness (QED) is 0.372. The summed E-state index contributed by atoms with van der Waals surface area (Å²) in [4.78, 5) is 12.5. The van der Waals surface area contributed by atoms with Gasteiger partial charge < -0.3 is 5.32 Å². The van der Waals surface area contributed by atoms with Crippen LogP contribution in [0.1, 0.15) is 35.5 Å². The van der Waals surface area contributed by atoms with E-state index in [4.69, 9.17) is 9.97 Å². The number of sulfonamides is 1. The molecule has 0 radical (unpaired) electrons. The molecule has 1 fully saturated rings. The highest BCUT2D eigenvalue weighted by molar-refractivity contribution is 7.89. The van der Waals surface area contributed by atoms with Gasteiger partial charge in [-0.05, 0) is 63.1 Å². The average molecular weight is 516 g/mol. The number of benzene rings is 3. The first-order valence-corrected chi connectivity index (χ1v) is 14.1. The van der Waals surface area contributed by atoms with Crippen LogP contribution >= 0.6 is 0 Å². The average Bonchev–Trinajstić information content (AvgIpc) is 2.90. The van der Waals surface area contributed by atoms with Crippen molar-refractivity contribution in [2.45, 2.75) is 38.6 Å². The Morgan fingerprint density at radius 3 is 2.14 bits per heavy atom. The summed E-state index contributed by atoms with van der Waals surface area (Å²) in [6, 6.07) is 21.3. The summed E-state index contributed by atoms with van der Waals surface area (Å²) in [6.07, 6.45) is 0. The van der Waals surface area contributed by atoms with Gasteiger partial charge in [0.25, 0.3) is 0 Å². The maximum Gasteiger partial charge on any atom is 0.243 e. The molecule has 1 atom stereocenters. The summed E-state index contributed by atoms with van der Waals surface area (Å²) in [5.74, 6) is 1.51. The van der Waals surface area contributed by atoms with Crippen molar-refractivity contribution >= 4 is 32.4 Å². The van der Waals surface area contributed by atoms with Crippen LogP contribution in [0.5, 0.6) is 0 Å². The smallest absolute Gasteiger partial charge is 0.243 e. The number of hydrogen-bond donors (Lipinski definition) is 1. The number of aryl methyl sites for hydroxylation is 3. The van der Waals surface area contributed by atoms with Crippen molar-refractivity contribution in [1.29, 1.82) is 0 Å². The van der Waals surface area contributed by atoms with E-state index in [0.29, 0.717) is 31.1 Å². The Balaban J connectivity index is 1.38. The fourth-order valence-corrected chi connectivity index (χ4v) is 6.28. The van der Waals surface area contributed by atoms with Gasteiger partial charge in [0.1, 0.15) is 11.6 Å². The predicted octanol–water partition coefficient (Wildman–Crippen LogP) is 5.37. The lowest BCUT2D eigenvalue weighted by Crippen LogP contribution is -2.49. The number of fused-ring (bicyclic) bond motifs is 1. The second-order valence-electron chi connectivity index (χ2n) is 9.77. The first-order valence-electron chi connectivity index (χ1n) is 12.6. The van der Waals surface area contributed by atoms with Crippen LogP contribution in [-0.4, -0.2) is 53.8 Å². The molecule has 37 heavy (non-hydrogen) atoms. The zero-order valence-electron chi connectivity index (χ0n) is 21.8. The summed E-state index contributed by atoms with van der Waals surface area (Å²) >= 11 is 0. The fourth-order valence-electron chi connectivity index (χ4n) is 4.86. The van der Waals surface area contributed by atoms with Gasteiger partial charge in [-0.2, -0.15) is 4.31 Å². The summed E-state index contributed by atoms with van der Waals surface area (Å²) in [7, 11) is -3.51. The monoisotopic (exact) mass is 515 g/mol. The van der Waals surface area contributed by atoms with E-state index < -0.39 is 10.0 Å². The summed E-state index contributed by atoms with van der Waals surface area (Å²) in [6.45, 7) is 10.3. The number of nitrogens with zero attached hydrogens (tertiary/aromatic N) is 4. The molecule has 1 aliphatic rings. The Morgan fingerprint density at radius 1 is 0.811 bits per heavy atom. The zero-order valence-corrected chi connectivity index (χ0v) is 22.6. The van der Waals surface area contributed by atoms with Crippen LogP contribution < -0.4 is 5.32 Å². The van der Waals surface area contributed by atoms with Gasteiger partial charge in [-0.25, -0.2) is 18.4 Å². The molecule has 8 heteroatoms. The Labute approximate surface area is 219 Å². The Kier molecular flexibility index (Phi) is 6.98. The first-order chi connectivity index (χ1) is 17.7. The number of piperazine rings is 1. The van der Waals surface area contributed by atoms with E-state index in [1.165, 1.54) is 0 Å². The van der Waals surface area contributed by atoms with E-state index in [1.54, 1.807) is 16.4 Å². The van der Waals surface area contributed by atoms with Gasteiger partial charge >= 0.3 is 0 Å². The van der Waals surface area contributed by atoms with E-state index >= 15 is 0 Å². The normalized spacial score (nSPS) is 16.1. The molecule has 192 valence electrons. The molecule has 0 saturated carbocycles. The molecule has 1 aromatic heterocycles. The standard InChI is InChI=1S/C29H33N5O2S/c1-20-12-14-24(15-13-20)37(35,36)34-18-16-33(17-19-34)23(4)28-30-26-11-6-5-10-25(26)29(32-28)31-27-21(2)8-7-9-22(27)3/h5-15,23H,16-19H2,1-4H3,(H,30,31,32). The topological polar surface area (TPSA) is 78.4 Å². The largest absolute Gasteiger partial charge is 0.339 e. The Morgan fingerprint density at radius 2 is 1.46 bits per heavy atom. The lowest BCUT2D eigenvalue weighted by Gasteiger charge is -2.37. The van der Waals surface area contributed by atoms with Gasteiger partial charge in [-0.1, -0.05) is 48.0 Å². The van der Waals surface area contributed by atoms with Crippen molar-refractivity contribution in [1.82, 2.24) is 19.2 Å². The maximum absolute atomic E-state index is 13.1. The molecule has 1 aliphatic heterocycles. The van der Waals surface area contributed by atoms with Crippen molar-refractivity contribution in [3.8, 4) is 0 Å². The fraction of sp³-hybridized carbons (Fsp3) is 0.310. The van der Waals surface area contributed by atoms with Crippen LogP contribution in [0.2, 0.25) is 0 Å². The highest BCUT2D eigenvalue weighted by Crippen LogP contribution is 2.30. The van der Waals surface area contributed by atoms with Crippen molar-refractivity contribution < 1.29 is 8.42 Å².